The molecule has 4 heteroatoms. The molecule has 120 valence electrons. The number of nitrogens with zero attached hydrogens (tertiary/aromatic N) is 1. The number of carboxylic acid groups (broad SMARTS) is 1. The smallest absolute Gasteiger partial charge is 0.303 e. The van der Waals surface area contributed by atoms with Gasteiger partial charge in [0.15, 0.2) is 0 Å². The zero-order valence-electron chi connectivity index (χ0n) is 13.4. The van der Waals surface area contributed by atoms with Gasteiger partial charge in [-0.05, 0) is 51.4 Å². The minimum absolute atomic E-state index is 0.148. The van der Waals surface area contributed by atoms with E-state index < -0.39 is 5.97 Å². The van der Waals surface area contributed by atoms with Crippen LogP contribution in [0.15, 0.2) is 0 Å². The quantitative estimate of drug-likeness (QED) is 0.862. The summed E-state index contributed by atoms with van der Waals surface area (Å²) in [7, 11) is 0. The monoisotopic (exact) mass is 295 g/mol. The minimum atomic E-state index is -0.760. The first-order chi connectivity index (χ1) is 9.93. The molecule has 1 aliphatic carbocycles. The van der Waals surface area contributed by atoms with Gasteiger partial charge in [-0.1, -0.05) is 19.3 Å². The molecule has 21 heavy (non-hydrogen) atoms. The molecule has 1 amide bonds. The van der Waals surface area contributed by atoms with Gasteiger partial charge in [-0.25, -0.2) is 0 Å². The average Bonchev–Trinajstić information content (AvgIpc) is 2.38. The highest BCUT2D eigenvalue weighted by Gasteiger charge is 2.39. The summed E-state index contributed by atoms with van der Waals surface area (Å²) in [5.41, 5.74) is -0.294. The number of rotatable bonds is 4. The van der Waals surface area contributed by atoms with Gasteiger partial charge in [0.05, 0.1) is 6.42 Å². The molecule has 2 atom stereocenters. The van der Waals surface area contributed by atoms with E-state index in [1.807, 2.05) is 4.90 Å². The molecule has 0 aromatic carbocycles. The largest absolute Gasteiger partial charge is 0.481 e. The number of amides is 1. The van der Waals surface area contributed by atoms with Crippen molar-refractivity contribution in [1.82, 2.24) is 4.90 Å². The number of hydrogen-bond donors (Lipinski definition) is 1. The van der Waals surface area contributed by atoms with E-state index in [4.69, 9.17) is 0 Å². The maximum absolute atomic E-state index is 12.8. The van der Waals surface area contributed by atoms with E-state index in [1.54, 1.807) is 0 Å². The summed E-state index contributed by atoms with van der Waals surface area (Å²) in [6.07, 6.45) is 8.98. The van der Waals surface area contributed by atoms with Gasteiger partial charge in [-0.15, -0.1) is 0 Å². The second-order valence-corrected chi connectivity index (χ2v) is 7.24. The van der Waals surface area contributed by atoms with Crippen molar-refractivity contribution in [3.8, 4) is 0 Å². The molecule has 0 aromatic rings. The van der Waals surface area contributed by atoms with E-state index in [1.165, 1.54) is 12.8 Å². The molecule has 2 aliphatic rings. The van der Waals surface area contributed by atoms with E-state index >= 15 is 0 Å². The highest BCUT2D eigenvalue weighted by atomic mass is 16.4. The van der Waals surface area contributed by atoms with E-state index in [2.05, 4.69) is 13.8 Å². The van der Waals surface area contributed by atoms with Crippen LogP contribution in [0.25, 0.3) is 0 Å². The van der Waals surface area contributed by atoms with Crippen LogP contribution in [-0.4, -0.2) is 34.0 Å². The predicted molar refractivity (Wildman–Crippen MR) is 82.0 cm³/mol. The Hall–Kier alpha value is -1.06. The fraction of sp³-hybridized carbons (Fsp3) is 0.882. The minimum Gasteiger partial charge on any atom is -0.481 e. The summed E-state index contributed by atoms with van der Waals surface area (Å²) in [5, 5.41) is 9.23. The fourth-order valence-corrected chi connectivity index (χ4v) is 4.36. The van der Waals surface area contributed by atoms with E-state index in [0.29, 0.717) is 18.5 Å². The van der Waals surface area contributed by atoms with Gasteiger partial charge in [0.1, 0.15) is 0 Å². The first kappa shape index (κ1) is 16.3. The molecular formula is C17H29NO3. The first-order valence-corrected chi connectivity index (χ1v) is 8.46. The van der Waals surface area contributed by atoms with Crippen LogP contribution in [0.5, 0.6) is 0 Å². The number of aliphatic carboxylic acids is 1. The number of hydrogen-bond acceptors (Lipinski definition) is 2. The molecule has 0 spiro atoms. The van der Waals surface area contributed by atoms with Crippen molar-refractivity contribution in [2.24, 2.45) is 5.41 Å². The standard InChI is InChI=1S/C17H29NO3/c1-13-7-6-8-14(2)18(13)15(19)11-17(12-16(20)21)9-4-3-5-10-17/h13-14H,3-12H2,1-2H3,(H,20,21)/t13-,14+. The second kappa shape index (κ2) is 6.80. The summed E-state index contributed by atoms with van der Waals surface area (Å²) < 4.78 is 0. The molecule has 0 radical (unpaired) electrons. The fourth-order valence-electron chi connectivity index (χ4n) is 4.36. The number of carbonyl (C=O) groups is 2. The molecule has 1 aliphatic heterocycles. The van der Waals surface area contributed by atoms with Crippen LogP contribution in [0, 0.1) is 5.41 Å². The van der Waals surface area contributed by atoms with Crippen molar-refractivity contribution in [3.63, 3.8) is 0 Å². The predicted octanol–water partition coefficient (Wildman–Crippen LogP) is 3.59. The summed E-state index contributed by atoms with van der Waals surface area (Å²) >= 11 is 0. The molecule has 2 fully saturated rings. The van der Waals surface area contributed by atoms with Gasteiger partial charge in [0.2, 0.25) is 5.91 Å². The third-order valence-electron chi connectivity index (χ3n) is 5.45. The zero-order valence-corrected chi connectivity index (χ0v) is 13.4. The third kappa shape index (κ3) is 3.98. The van der Waals surface area contributed by atoms with Gasteiger partial charge in [0.25, 0.3) is 0 Å². The van der Waals surface area contributed by atoms with Crippen LogP contribution in [0.3, 0.4) is 0 Å². The van der Waals surface area contributed by atoms with E-state index in [0.717, 1.165) is 38.5 Å². The lowest BCUT2D eigenvalue weighted by Crippen LogP contribution is -2.49. The Morgan fingerprint density at radius 3 is 2.10 bits per heavy atom. The van der Waals surface area contributed by atoms with Gasteiger partial charge in [-0.2, -0.15) is 0 Å². The molecule has 1 saturated heterocycles. The number of piperidine rings is 1. The molecule has 4 nitrogen and oxygen atoms in total. The molecule has 2 rings (SSSR count). The number of carboxylic acids is 1. The SMILES string of the molecule is C[C@@H]1CCC[C@H](C)N1C(=O)CC1(CC(=O)O)CCCCC1. The topological polar surface area (TPSA) is 57.6 Å². The van der Waals surface area contributed by atoms with Crippen molar-refractivity contribution >= 4 is 11.9 Å². The van der Waals surface area contributed by atoms with Crippen LogP contribution in [0.1, 0.15) is 78.1 Å². The Kier molecular flexibility index (Phi) is 5.28. The van der Waals surface area contributed by atoms with Crippen molar-refractivity contribution in [1.29, 1.82) is 0 Å². The summed E-state index contributed by atoms with van der Waals surface area (Å²) in [5.74, 6) is -0.581. The summed E-state index contributed by atoms with van der Waals surface area (Å²) in [4.78, 5) is 26.1. The van der Waals surface area contributed by atoms with Crippen LogP contribution in [0.4, 0.5) is 0 Å². The highest BCUT2D eigenvalue weighted by molar-refractivity contribution is 5.79. The van der Waals surface area contributed by atoms with E-state index in [9.17, 15) is 14.7 Å². The number of carbonyl (C=O) groups excluding carboxylic acids is 1. The Morgan fingerprint density at radius 2 is 1.57 bits per heavy atom. The average molecular weight is 295 g/mol. The maximum atomic E-state index is 12.8. The second-order valence-electron chi connectivity index (χ2n) is 7.24. The molecule has 1 heterocycles. The molecular weight excluding hydrogens is 266 g/mol. The van der Waals surface area contributed by atoms with Crippen LogP contribution < -0.4 is 0 Å². The lowest BCUT2D eigenvalue weighted by molar-refractivity contribution is -0.144. The molecule has 1 saturated carbocycles. The Bertz CT molecular complexity index is 377. The van der Waals surface area contributed by atoms with Crippen LogP contribution in [0.2, 0.25) is 0 Å². The van der Waals surface area contributed by atoms with Crippen molar-refractivity contribution in [3.05, 3.63) is 0 Å². The number of likely N-dealkylation sites (tertiary alicyclic amines) is 1. The lowest BCUT2D eigenvalue weighted by atomic mass is 9.69. The molecule has 1 N–H and O–H groups in total. The Balaban J connectivity index is 2.08. The summed E-state index contributed by atoms with van der Waals surface area (Å²) in [6.45, 7) is 4.25. The normalized spacial score (nSPS) is 29.1. The van der Waals surface area contributed by atoms with Gasteiger partial charge < -0.3 is 10.0 Å². The Labute approximate surface area is 127 Å². The van der Waals surface area contributed by atoms with Crippen molar-refractivity contribution < 1.29 is 14.7 Å². The highest BCUT2D eigenvalue weighted by Crippen LogP contribution is 2.43. The maximum Gasteiger partial charge on any atom is 0.303 e. The van der Waals surface area contributed by atoms with Crippen molar-refractivity contribution in [2.75, 3.05) is 0 Å². The van der Waals surface area contributed by atoms with Gasteiger partial charge >= 0.3 is 5.97 Å². The van der Waals surface area contributed by atoms with Crippen LogP contribution in [-0.2, 0) is 9.59 Å². The van der Waals surface area contributed by atoms with E-state index in [-0.39, 0.29) is 17.7 Å². The van der Waals surface area contributed by atoms with Crippen LogP contribution >= 0.6 is 0 Å². The van der Waals surface area contributed by atoms with Gasteiger partial charge in [0, 0.05) is 18.5 Å². The first-order valence-electron chi connectivity index (χ1n) is 8.46. The zero-order chi connectivity index (χ0) is 15.5. The lowest BCUT2D eigenvalue weighted by Gasteiger charge is -2.43. The third-order valence-corrected chi connectivity index (χ3v) is 5.45. The molecule has 0 unspecified atom stereocenters. The molecule has 0 aromatic heterocycles. The summed E-state index contributed by atoms with van der Waals surface area (Å²) in [6, 6.07) is 0.596. The van der Waals surface area contributed by atoms with Gasteiger partial charge in [-0.3, -0.25) is 9.59 Å². The molecule has 0 bridgehead atoms. The Morgan fingerprint density at radius 1 is 1.00 bits per heavy atom. The van der Waals surface area contributed by atoms with Crippen molar-refractivity contribution in [2.45, 2.75) is 90.1 Å².